The van der Waals surface area contributed by atoms with Crippen LogP contribution in [-0.4, -0.2) is 35.2 Å². The van der Waals surface area contributed by atoms with E-state index < -0.39 is 4.87 Å². The number of nitrogens with zero attached hydrogens (tertiary/aromatic N) is 1. The molecule has 0 saturated carbocycles. The van der Waals surface area contributed by atoms with E-state index in [4.69, 9.17) is 11.6 Å². The molecule has 3 amide bonds. The molecule has 2 N–H and O–H groups in total. The molecule has 3 rings (SSSR count). The summed E-state index contributed by atoms with van der Waals surface area (Å²) in [5.41, 5.74) is 0.664. The summed E-state index contributed by atoms with van der Waals surface area (Å²) >= 11 is 7.38. The minimum absolute atomic E-state index is 0.00405. The average Bonchev–Trinajstić information content (AvgIpc) is 3.00. The third kappa shape index (κ3) is 2.86. The zero-order valence-electron chi connectivity index (χ0n) is 13.4. The van der Waals surface area contributed by atoms with Crippen LogP contribution in [0.4, 0.5) is 5.69 Å². The molecule has 0 unspecified atom stereocenters. The fraction of sp³-hybridized carbons (Fsp3) is 0.438. The summed E-state index contributed by atoms with van der Waals surface area (Å²) in [6, 6.07) is 5.26. The van der Waals surface area contributed by atoms with Gasteiger partial charge in [0.25, 0.3) is 5.91 Å². The Kier molecular flexibility index (Phi) is 4.48. The van der Waals surface area contributed by atoms with Gasteiger partial charge >= 0.3 is 0 Å². The highest BCUT2D eigenvalue weighted by atomic mass is 35.5. The maximum atomic E-state index is 12.8. The molecule has 0 bridgehead atoms. The first-order valence-electron chi connectivity index (χ1n) is 7.73. The van der Waals surface area contributed by atoms with Crippen LogP contribution < -0.4 is 15.5 Å². The van der Waals surface area contributed by atoms with Crippen LogP contribution in [0.5, 0.6) is 0 Å². The fourth-order valence-corrected chi connectivity index (χ4v) is 4.58. The molecule has 0 radical (unpaired) electrons. The standard InChI is InChI=1S/C16H18ClN3O3S/c1-9(2)19-13(21)8-18-15(23)16-6-5-14(22)20(16)11-7-10(17)3-4-12(11)24-16/h3-4,7,9H,5-6,8H2,1-2H3,(H,18,23)(H,19,21)/t16-/m1/s1. The van der Waals surface area contributed by atoms with Gasteiger partial charge in [-0.1, -0.05) is 23.4 Å². The molecule has 6 nitrogen and oxygen atoms in total. The molecule has 2 aliphatic rings. The smallest absolute Gasteiger partial charge is 0.257 e. The number of thioether (sulfide) groups is 1. The van der Waals surface area contributed by atoms with Crippen LogP contribution in [0.3, 0.4) is 0 Å². The lowest BCUT2D eigenvalue weighted by Crippen LogP contribution is -2.54. The number of carbonyl (C=O) groups excluding carboxylic acids is 3. The molecule has 1 saturated heterocycles. The van der Waals surface area contributed by atoms with E-state index >= 15 is 0 Å². The molecular formula is C16H18ClN3O3S. The SMILES string of the molecule is CC(C)NC(=O)CNC(=O)[C@]12CCC(=O)N1c1cc(Cl)ccc1S2. The average molecular weight is 368 g/mol. The molecule has 0 aromatic heterocycles. The second-order valence-corrected chi connectivity index (χ2v) is 7.89. The Morgan fingerprint density at radius 2 is 2.17 bits per heavy atom. The lowest BCUT2D eigenvalue weighted by molar-refractivity contribution is -0.128. The van der Waals surface area contributed by atoms with Gasteiger partial charge in [-0.25, -0.2) is 0 Å². The van der Waals surface area contributed by atoms with Gasteiger partial charge in [0.05, 0.1) is 12.2 Å². The molecular weight excluding hydrogens is 350 g/mol. The molecule has 1 aromatic carbocycles. The number of halogens is 1. The maximum absolute atomic E-state index is 12.8. The number of nitrogens with one attached hydrogen (secondary N) is 2. The van der Waals surface area contributed by atoms with Gasteiger partial charge in [-0.15, -0.1) is 0 Å². The van der Waals surface area contributed by atoms with Crippen molar-refractivity contribution >= 4 is 46.8 Å². The zero-order chi connectivity index (χ0) is 17.5. The monoisotopic (exact) mass is 367 g/mol. The van der Waals surface area contributed by atoms with E-state index in [1.807, 2.05) is 19.9 Å². The van der Waals surface area contributed by atoms with Crippen molar-refractivity contribution in [1.82, 2.24) is 10.6 Å². The van der Waals surface area contributed by atoms with Crippen LogP contribution in [0, 0.1) is 0 Å². The summed E-state index contributed by atoms with van der Waals surface area (Å²) in [6.07, 6.45) is 0.699. The number of anilines is 1. The van der Waals surface area contributed by atoms with Crippen LogP contribution >= 0.6 is 23.4 Å². The number of fused-ring (bicyclic) bond motifs is 3. The minimum atomic E-state index is -1.03. The Bertz CT molecular complexity index is 725. The molecule has 24 heavy (non-hydrogen) atoms. The van der Waals surface area contributed by atoms with Gasteiger partial charge in [-0.2, -0.15) is 0 Å². The molecule has 0 spiro atoms. The van der Waals surface area contributed by atoms with Crippen molar-refractivity contribution in [3.05, 3.63) is 23.2 Å². The third-order valence-corrected chi connectivity index (χ3v) is 5.65. The Labute approximate surface area is 149 Å². The first kappa shape index (κ1) is 17.1. The molecule has 128 valence electrons. The number of amides is 3. The molecule has 1 aromatic rings. The van der Waals surface area contributed by atoms with E-state index in [2.05, 4.69) is 10.6 Å². The summed E-state index contributed by atoms with van der Waals surface area (Å²) in [6.45, 7) is 3.59. The van der Waals surface area contributed by atoms with Crippen molar-refractivity contribution in [1.29, 1.82) is 0 Å². The summed E-state index contributed by atoms with van der Waals surface area (Å²) in [4.78, 5) is 38.2. The zero-order valence-corrected chi connectivity index (χ0v) is 15.0. The number of benzene rings is 1. The van der Waals surface area contributed by atoms with Gasteiger partial charge in [0, 0.05) is 22.4 Å². The van der Waals surface area contributed by atoms with E-state index in [9.17, 15) is 14.4 Å². The largest absolute Gasteiger partial charge is 0.352 e. The van der Waals surface area contributed by atoms with Crippen LogP contribution in [0.15, 0.2) is 23.1 Å². The van der Waals surface area contributed by atoms with Crippen LogP contribution in [0.1, 0.15) is 26.7 Å². The van der Waals surface area contributed by atoms with E-state index in [-0.39, 0.29) is 30.3 Å². The molecule has 0 aliphatic carbocycles. The van der Waals surface area contributed by atoms with Crippen LogP contribution in [0.25, 0.3) is 0 Å². The normalized spacial score (nSPS) is 21.7. The first-order valence-corrected chi connectivity index (χ1v) is 8.92. The van der Waals surface area contributed by atoms with Crippen molar-refractivity contribution in [2.75, 3.05) is 11.4 Å². The van der Waals surface area contributed by atoms with E-state index in [1.54, 1.807) is 12.1 Å². The molecule has 1 fully saturated rings. The number of rotatable bonds is 4. The van der Waals surface area contributed by atoms with E-state index in [0.717, 1.165) is 4.90 Å². The van der Waals surface area contributed by atoms with E-state index in [0.29, 0.717) is 23.6 Å². The number of hydrogen-bond donors (Lipinski definition) is 2. The highest BCUT2D eigenvalue weighted by Gasteiger charge is 2.57. The number of hydrogen-bond acceptors (Lipinski definition) is 4. The summed E-state index contributed by atoms with van der Waals surface area (Å²) in [7, 11) is 0. The van der Waals surface area contributed by atoms with Crippen LogP contribution in [0.2, 0.25) is 5.02 Å². The lowest BCUT2D eigenvalue weighted by Gasteiger charge is -2.29. The van der Waals surface area contributed by atoms with Gasteiger partial charge in [0.1, 0.15) is 0 Å². The fourth-order valence-electron chi connectivity index (χ4n) is 2.99. The van der Waals surface area contributed by atoms with Gasteiger partial charge in [0.15, 0.2) is 4.87 Å². The molecule has 8 heteroatoms. The Balaban J connectivity index is 1.80. The van der Waals surface area contributed by atoms with Gasteiger partial charge in [-0.3, -0.25) is 19.3 Å². The van der Waals surface area contributed by atoms with E-state index in [1.165, 1.54) is 16.7 Å². The summed E-state index contributed by atoms with van der Waals surface area (Å²) < 4.78 is 0. The maximum Gasteiger partial charge on any atom is 0.257 e. The van der Waals surface area contributed by atoms with Crippen molar-refractivity contribution < 1.29 is 14.4 Å². The Morgan fingerprint density at radius 1 is 1.42 bits per heavy atom. The first-order chi connectivity index (χ1) is 11.3. The third-order valence-electron chi connectivity index (χ3n) is 3.94. The second kappa shape index (κ2) is 6.29. The summed E-state index contributed by atoms with van der Waals surface area (Å²) in [5.74, 6) is -0.691. The molecule has 1 atom stereocenters. The second-order valence-electron chi connectivity index (χ2n) is 6.13. The van der Waals surface area contributed by atoms with Gasteiger partial charge in [0.2, 0.25) is 11.8 Å². The highest BCUT2D eigenvalue weighted by Crippen LogP contribution is 2.56. The quantitative estimate of drug-likeness (QED) is 0.852. The van der Waals surface area contributed by atoms with Crippen LogP contribution in [-0.2, 0) is 14.4 Å². The Morgan fingerprint density at radius 3 is 2.88 bits per heavy atom. The Hall–Kier alpha value is -1.73. The van der Waals surface area contributed by atoms with Gasteiger partial charge in [-0.05, 0) is 38.5 Å². The number of carbonyl (C=O) groups is 3. The van der Waals surface area contributed by atoms with Crippen molar-refractivity contribution in [3.8, 4) is 0 Å². The summed E-state index contributed by atoms with van der Waals surface area (Å²) in [5, 5.41) is 5.90. The van der Waals surface area contributed by atoms with Crippen molar-refractivity contribution in [2.45, 2.75) is 42.5 Å². The van der Waals surface area contributed by atoms with Crippen molar-refractivity contribution in [2.24, 2.45) is 0 Å². The van der Waals surface area contributed by atoms with Gasteiger partial charge < -0.3 is 10.6 Å². The minimum Gasteiger partial charge on any atom is -0.352 e. The predicted molar refractivity (Wildman–Crippen MR) is 93.0 cm³/mol. The molecule has 2 heterocycles. The molecule has 2 aliphatic heterocycles. The van der Waals surface area contributed by atoms with Crippen molar-refractivity contribution in [3.63, 3.8) is 0 Å². The predicted octanol–water partition coefficient (Wildman–Crippen LogP) is 1.91. The lowest BCUT2D eigenvalue weighted by atomic mass is 10.2. The topological polar surface area (TPSA) is 78.5 Å². The highest BCUT2D eigenvalue weighted by molar-refractivity contribution is 8.02.